The van der Waals surface area contributed by atoms with Gasteiger partial charge in [0.15, 0.2) is 5.60 Å². The summed E-state index contributed by atoms with van der Waals surface area (Å²) in [4.78, 5) is 0. The molecule has 1 fully saturated rings. The lowest BCUT2D eigenvalue weighted by molar-refractivity contribution is -0.0407. The van der Waals surface area contributed by atoms with Crippen molar-refractivity contribution in [3.8, 4) is 17.7 Å². The van der Waals surface area contributed by atoms with E-state index in [1.807, 2.05) is 7.05 Å². The molecule has 1 aliphatic heterocycles. The number of hydrogen-bond donors (Lipinski definition) is 0. The van der Waals surface area contributed by atoms with Gasteiger partial charge in [0.1, 0.15) is 11.8 Å². The zero-order chi connectivity index (χ0) is 14.2. The number of rotatable bonds is 3. The minimum Gasteiger partial charge on any atom is -0.416 e. The lowest BCUT2D eigenvalue weighted by Crippen LogP contribution is -2.29. The van der Waals surface area contributed by atoms with E-state index in [9.17, 15) is 0 Å². The van der Waals surface area contributed by atoms with Gasteiger partial charge in [0.2, 0.25) is 0 Å². The van der Waals surface area contributed by atoms with Crippen LogP contribution in [-0.4, -0.2) is 35.1 Å². The van der Waals surface area contributed by atoms with E-state index in [-0.39, 0.29) is 0 Å². The Balaban J connectivity index is 1.98. The molecule has 0 radical (unpaired) electrons. The maximum absolute atomic E-state index is 8.91. The first-order valence-electron chi connectivity index (χ1n) is 6.22. The van der Waals surface area contributed by atoms with Crippen molar-refractivity contribution in [1.82, 2.24) is 14.8 Å². The average Bonchev–Trinajstić information content (AvgIpc) is 3.17. The molecule has 0 bridgehead atoms. The monoisotopic (exact) mass is 274 g/mol. The van der Waals surface area contributed by atoms with Gasteiger partial charge in [0.05, 0.1) is 18.8 Å². The number of nitrogens with zero attached hydrogens (tertiary/aromatic N) is 4. The van der Waals surface area contributed by atoms with Gasteiger partial charge in [-0.3, -0.25) is 0 Å². The molecule has 0 spiro atoms. The number of aromatic nitrogens is 3. The van der Waals surface area contributed by atoms with Gasteiger partial charge in [-0.15, -0.1) is 10.2 Å². The van der Waals surface area contributed by atoms with Crippen molar-refractivity contribution in [3.63, 3.8) is 0 Å². The molecule has 104 valence electrons. The van der Waals surface area contributed by atoms with Crippen LogP contribution in [0.25, 0.3) is 11.6 Å². The largest absolute Gasteiger partial charge is 0.416 e. The number of ether oxygens (including phenoxy) is 2. The molecule has 1 atom stereocenters. The molecule has 0 aliphatic carbocycles. The summed E-state index contributed by atoms with van der Waals surface area (Å²) in [6.07, 6.45) is 2.39. The summed E-state index contributed by atoms with van der Waals surface area (Å²) in [5, 5.41) is 17.0. The summed E-state index contributed by atoms with van der Waals surface area (Å²) in [5.74, 6) is 0.777. The van der Waals surface area contributed by atoms with Crippen LogP contribution in [0.1, 0.15) is 17.9 Å². The molecule has 0 saturated carbocycles. The molecule has 1 saturated heterocycles. The minimum atomic E-state index is -0.658. The highest BCUT2D eigenvalue weighted by Crippen LogP contribution is 2.34. The Bertz CT molecular complexity index is 661. The van der Waals surface area contributed by atoms with Gasteiger partial charge < -0.3 is 18.5 Å². The van der Waals surface area contributed by atoms with Crippen molar-refractivity contribution >= 4 is 0 Å². The van der Waals surface area contributed by atoms with Crippen LogP contribution in [0, 0.1) is 11.3 Å². The SMILES string of the molecule is COC1(c2nnc(-c3cc(C#N)cn3C)o2)CCOC1. The summed E-state index contributed by atoms with van der Waals surface area (Å²) in [5.41, 5.74) is 0.590. The second kappa shape index (κ2) is 4.74. The zero-order valence-corrected chi connectivity index (χ0v) is 11.3. The summed E-state index contributed by atoms with van der Waals surface area (Å²) in [6.45, 7) is 1.01. The standard InChI is InChI=1S/C13H14N4O3/c1-17-7-9(6-14)5-10(17)11-15-16-12(20-11)13(18-2)3-4-19-8-13/h5,7H,3-4,8H2,1-2H3. The Morgan fingerprint density at radius 2 is 2.35 bits per heavy atom. The minimum absolute atomic E-state index is 0.368. The van der Waals surface area contributed by atoms with E-state index in [1.54, 1.807) is 23.9 Å². The predicted molar refractivity (Wildman–Crippen MR) is 67.5 cm³/mol. The highest BCUT2D eigenvalue weighted by molar-refractivity contribution is 5.52. The first-order chi connectivity index (χ1) is 9.68. The molecular weight excluding hydrogens is 260 g/mol. The van der Waals surface area contributed by atoms with Crippen molar-refractivity contribution in [2.75, 3.05) is 20.3 Å². The Morgan fingerprint density at radius 3 is 2.95 bits per heavy atom. The zero-order valence-electron chi connectivity index (χ0n) is 11.3. The Hall–Kier alpha value is -2.17. The van der Waals surface area contributed by atoms with Crippen LogP contribution in [0.5, 0.6) is 0 Å². The lowest BCUT2D eigenvalue weighted by Gasteiger charge is -2.20. The fourth-order valence-corrected chi connectivity index (χ4v) is 2.31. The van der Waals surface area contributed by atoms with Gasteiger partial charge in [-0.05, 0) is 6.07 Å². The molecule has 2 aromatic heterocycles. The maximum atomic E-state index is 8.91. The van der Waals surface area contributed by atoms with E-state index in [2.05, 4.69) is 16.3 Å². The Kier molecular flexibility index (Phi) is 3.04. The summed E-state index contributed by atoms with van der Waals surface area (Å²) in [6, 6.07) is 3.79. The second-order valence-corrected chi connectivity index (χ2v) is 4.75. The molecule has 0 N–H and O–H groups in total. The average molecular weight is 274 g/mol. The van der Waals surface area contributed by atoms with Gasteiger partial charge in [0.25, 0.3) is 11.8 Å². The fourth-order valence-electron chi connectivity index (χ4n) is 2.31. The molecule has 7 heteroatoms. The van der Waals surface area contributed by atoms with Crippen LogP contribution in [0.15, 0.2) is 16.7 Å². The van der Waals surface area contributed by atoms with E-state index in [4.69, 9.17) is 19.2 Å². The fraction of sp³-hybridized carbons (Fsp3) is 0.462. The quantitative estimate of drug-likeness (QED) is 0.836. The topological polar surface area (TPSA) is 86.1 Å². The third kappa shape index (κ3) is 1.90. The Labute approximate surface area is 115 Å². The highest BCUT2D eigenvalue weighted by atomic mass is 16.6. The van der Waals surface area contributed by atoms with Crippen LogP contribution < -0.4 is 0 Å². The smallest absolute Gasteiger partial charge is 0.264 e. The third-order valence-corrected chi connectivity index (χ3v) is 3.54. The normalized spacial score (nSPS) is 22.1. The first-order valence-corrected chi connectivity index (χ1v) is 6.22. The van der Waals surface area contributed by atoms with Gasteiger partial charge >= 0.3 is 0 Å². The van der Waals surface area contributed by atoms with Crippen LogP contribution in [0.2, 0.25) is 0 Å². The van der Waals surface area contributed by atoms with Crippen LogP contribution >= 0.6 is 0 Å². The van der Waals surface area contributed by atoms with E-state index in [0.717, 1.165) is 0 Å². The Morgan fingerprint density at radius 1 is 1.50 bits per heavy atom. The number of nitriles is 1. The molecule has 3 heterocycles. The van der Waals surface area contributed by atoms with Gasteiger partial charge in [-0.1, -0.05) is 0 Å². The van der Waals surface area contributed by atoms with Crippen molar-refractivity contribution in [2.24, 2.45) is 7.05 Å². The molecule has 3 rings (SSSR count). The van der Waals surface area contributed by atoms with E-state index in [1.165, 1.54) is 0 Å². The first kappa shape index (κ1) is 12.8. The molecule has 7 nitrogen and oxygen atoms in total. The number of methoxy groups -OCH3 is 1. The maximum Gasteiger partial charge on any atom is 0.264 e. The summed E-state index contributed by atoms with van der Waals surface area (Å²) >= 11 is 0. The van der Waals surface area contributed by atoms with Gasteiger partial charge in [0, 0.05) is 26.8 Å². The summed E-state index contributed by atoms with van der Waals surface area (Å²) < 4.78 is 18.4. The number of hydrogen-bond acceptors (Lipinski definition) is 6. The third-order valence-electron chi connectivity index (χ3n) is 3.54. The number of aryl methyl sites for hydroxylation is 1. The van der Waals surface area contributed by atoms with Crippen molar-refractivity contribution in [3.05, 3.63) is 23.7 Å². The van der Waals surface area contributed by atoms with Crippen molar-refractivity contribution in [2.45, 2.75) is 12.0 Å². The van der Waals surface area contributed by atoms with E-state index in [0.29, 0.717) is 42.7 Å². The summed E-state index contributed by atoms with van der Waals surface area (Å²) in [7, 11) is 3.43. The van der Waals surface area contributed by atoms with Gasteiger partial charge in [-0.2, -0.15) is 5.26 Å². The predicted octanol–water partition coefficient (Wildman–Crippen LogP) is 1.21. The van der Waals surface area contributed by atoms with Crippen LogP contribution in [-0.2, 0) is 22.1 Å². The van der Waals surface area contributed by atoms with E-state index >= 15 is 0 Å². The molecule has 0 aromatic carbocycles. The van der Waals surface area contributed by atoms with Crippen LogP contribution in [0.3, 0.4) is 0 Å². The molecular formula is C13H14N4O3. The lowest BCUT2D eigenvalue weighted by atomic mass is 10.0. The molecule has 20 heavy (non-hydrogen) atoms. The van der Waals surface area contributed by atoms with E-state index < -0.39 is 5.60 Å². The molecule has 0 amide bonds. The molecule has 2 aromatic rings. The molecule has 1 aliphatic rings. The van der Waals surface area contributed by atoms with Gasteiger partial charge in [-0.25, -0.2) is 0 Å². The van der Waals surface area contributed by atoms with Crippen molar-refractivity contribution < 1.29 is 13.9 Å². The second-order valence-electron chi connectivity index (χ2n) is 4.75. The molecule has 1 unspecified atom stereocenters. The van der Waals surface area contributed by atoms with Crippen LogP contribution in [0.4, 0.5) is 0 Å². The van der Waals surface area contributed by atoms with Crippen molar-refractivity contribution in [1.29, 1.82) is 5.26 Å². The highest BCUT2D eigenvalue weighted by Gasteiger charge is 2.42.